The van der Waals surface area contributed by atoms with Gasteiger partial charge in [-0.3, -0.25) is 9.69 Å². The minimum absolute atomic E-state index is 0.0931. The highest BCUT2D eigenvalue weighted by Crippen LogP contribution is 2.48. The van der Waals surface area contributed by atoms with E-state index in [1.54, 1.807) is 13.3 Å². The van der Waals surface area contributed by atoms with Gasteiger partial charge in [0, 0.05) is 37.8 Å². The molecule has 4 heterocycles. The molecule has 0 atom stereocenters. The number of hydrogen-bond donors (Lipinski definition) is 1. The van der Waals surface area contributed by atoms with Gasteiger partial charge in [-0.25, -0.2) is 9.97 Å². The monoisotopic (exact) mass is 380 g/mol. The number of H-pyrrole nitrogens is 1. The zero-order chi connectivity index (χ0) is 19.3. The fourth-order valence-corrected chi connectivity index (χ4v) is 4.43. The van der Waals surface area contributed by atoms with Crippen LogP contribution in [0.2, 0.25) is 0 Å². The van der Waals surface area contributed by atoms with Gasteiger partial charge in [-0.1, -0.05) is 5.16 Å². The molecule has 1 N–H and O–H groups in total. The molecular formula is C20H24N6O2. The van der Waals surface area contributed by atoms with E-state index >= 15 is 0 Å². The smallest absolute Gasteiger partial charge is 0.182 e. The molecule has 3 aromatic heterocycles. The average Bonchev–Trinajstić information content (AvgIpc) is 3.15. The summed E-state index contributed by atoms with van der Waals surface area (Å²) in [6.07, 6.45) is 5.92. The Morgan fingerprint density at radius 2 is 2.11 bits per heavy atom. The predicted octanol–water partition coefficient (Wildman–Crippen LogP) is 2.35. The summed E-state index contributed by atoms with van der Waals surface area (Å²) >= 11 is 0. The van der Waals surface area contributed by atoms with Gasteiger partial charge >= 0.3 is 0 Å². The van der Waals surface area contributed by atoms with Crippen molar-refractivity contribution in [2.75, 3.05) is 37.6 Å². The molecule has 146 valence electrons. The maximum absolute atomic E-state index is 12.9. The first-order chi connectivity index (χ1) is 13.5. The first-order valence-electron chi connectivity index (χ1n) is 9.76. The van der Waals surface area contributed by atoms with E-state index in [2.05, 4.69) is 29.9 Å². The normalized spacial score (nSPS) is 19.3. The minimum Gasteiger partial charge on any atom is -0.361 e. The molecule has 0 radical (unpaired) electrons. The lowest BCUT2D eigenvalue weighted by molar-refractivity contribution is 0.0922. The van der Waals surface area contributed by atoms with E-state index in [9.17, 15) is 4.79 Å². The molecule has 2 aliphatic rings. The largest absolute Gasteiger partial charge is 0.361 e. The quantitative estimate of drug-likeness (QED) is 0.695. The summed E-state index contributed by atoms with van der Waals surface area (Å²) in [6, 6.07) is 2.04. The van der Waals surface area contributed by atoms with Gasteiger partial charge in [0.2, 0.25) is 0 Å². The molecule has 1 saturated heterocycles. The second kappa shape index (κ2) is 6.41. The van der Waals surface area contributed by atoms with Crippen LogP contribution in [-0.2, 0) is 0 Å². The lowest BCUT2D eigenvalue weighted by Gasteiger charge is -2.25. The van der Waals surface area contributed by atoms with Crippen LogP contribution in [0.1, 0.15) is 34.7 Å². The second-order valence-electron chi connectivity index (χ2n) is 8.19. The van der Waals surface area contributed by atoms with Gasteiger partial charge in [-0.15, -0.1) is 0 Å². The number of anilines is 1. The van der Waals surface area contributed by atoms with Gasteiger partial charge in [0.05, 0.1) is 23.2 Å². The van der Waals surface area contributed by atoms with E-state index in [1.807, 2.05) is 19.2 Å². The molecular weight excluding hydrogens is 356 g/mol. The lowest BCUT2D eigenvalue weighted by atomic mass is 10.1. The summed E-state index contributed by atoms with van der Waals surface area (Å²) in [4.78, 5) is 29.6. The van der Waals surface area contributed by atoms with Crippen molar-refractivity contribution in [3.8, 4) is 0 Å². The van der Waals surface area contributed by atoms with Crippen molar-refractivity contribution >= 4 is 22.6 Å². The van der Waals surface area contributed by atoms with E-state index in [0.717, 1.165) is 43.0 Å². The van der Waals surface area contributed by atoms with Crippen LogP contribution in [0.25, 0.3) is 11.0 Å². The van der Waals surface area contributed by atoms with E-state index in [0.29, 0.717) is 23.6 Å². The second-order valence-corrected chi connectivity index (χ2v) is 8.19. The standard InChI is InChI=1S/C20H24N6O2/c1-13-17(14(2)28-24-13)16(27)9-25-7-8-26(11-20(10-25)4-5-20)19-15-3-6-21-18(15)22-12-23-19/h3,6,12H,4-5,7-11H2,1-2H3,(H,21,22,23). The van der Waals surface area contributed by atoms with Gasteiger partial charge in [-0.05, 0) is 32.8 Å². The van der Waals surface area contributed by atoms with Crippen molar-refractivity contribution < 1.29 is 9.32 Å². The number of aromatic amines is 1. The number of carbonyl (C=O) groups excluding carboxylic acids is 1. The number of ketones is 1. The number of carbonyl (C=O) groups is 1. The van der Waals surface area contributed by atoms with Crippen LogP contribution in [0, 0.1) is 19.3 Å². The average molecular weight is 380 g/mol. The Balaban J connectivity index is 1.37. The molecule has 2 fully saturated rings. The first-order valence-corrected chi connectivity index (χ1v) is 9.76. The van der Waals surface area contributed by atoms with Crippen LogP contribution >= 0.6 is 0 Å². The Hall–Kier alpha value is -2.74. The third-order valence-electron chi connectivity index (χ3n) is 6.04. The molecule has 1 saturated carbocycles. The molecule has 5 rings (SSSR count). The number of fused-ring (bicyclic) bond motifs is 1. The van der Waals surface area contributed by atoms with Crippen LogP contribution in [-0.4, -0.2) is 63.5 Å². The SMILES string of the molecule is Cc1noc(C)c1C(=O)CN1CCN(c2ncnc3[nH]ccc23)CC2(CC2)C1. The fraction of sp³-hybridized carbons (Fsp3) is 0.500. The maximum Gasteiger partial charge on any atom is 0.182 e. The highest BCUT2D eigenvalue weighted by atomic mass is 16.5. The molecule has 0 bridgehead atoms. The Labute approximate surface area is 162 Å². The Bertz CT molecular complexity index is 1010. The highest BCUT2D eigenvalue weighted by Gasteiger charge is 2.47. The van der Waals surface area contributed by atoms with Gasteiger partial charge in [0.15, 0.2) is 5.78 Å². The third-order valence-corrected chi connectivity index (χ3v) is 6.04. The molecule has 0 aromatic carbocycles. The summed E-state index contributed by atoms with van der Waals surface area (Å²) in [7, 11) is 0. The number of rotatable bonds is 4. The van der Waals surface area contributed by atoms with Crippen molar-refractivity contribution in [1.82, 2.24) is 25.0 Å². The topological polar surface area (TPSA) is 91.2 Å². The first kappa shape index (κ1) is 17.4. The van der Waals surface area contributed by atoms with Crippen LogP contribution in [0.5, 0.6) is 0 Å². The van der Waals surface area contributed by atoms with Gasteiger partial charge < -0.3 is 14.4 Å². The summed E-state index contributed by atoms with van der Waals surface area (Å²) in [5.74, 6) is 1.68. The molecule has 1 spiro atoms. The van der Waals surface area contributed by atoms with Crippen LogP contribution in [0.3, 0.4) is 0 Å². The van der Waals surface area contributed by atoms with E-state index in [-0.39, 0.29) is 11.2 Å². The summed E-state index contributed by atoms with van der Waals surface area (Å²) < 4.78 is 5.18. The van der Waals surface area contributed by atoms with Gasteiger partial charge in [-0.2, -0.15) is 0 Å². The summed E-state index contributed by atoms with van der Waals surface area (Å²) in [6.45, 7) is 7.62. The molecule has 0 amide bonds. The lowest BCUT2D eigenvalue weighted by Crippen LogP contribution is -2.35. The number of aryl methyl sites for hydroxylation is 2. The predicted molar refractivity (Wildman–Crippen MR) is 105 cm³/mol. The Kier molecular flexibility index (Phi) is 3.97. The van der Waals surface area contributed by atoms with Crippen molar-refractivity contribution in [3.63, 3.8) is 0 Å². The molecule has 1 aliphatic heterocycles. The molecule has 1 aliphatic carbocycles. The summed E-state index contributed by atoms with van der Waals surface area (Å²) in [5.41, 5.74) is 2.43. The van der Waals surface area contributed by atoms with E-state index in [4.69, 9.17) is 4.52 Å². The Morgan fingerprint density at radius 3 is 2.86 bits per heavy atom. The molecule has 8 heteroatoms. The number of Topliss-reactive ketones (excluding diaryl/α,β-unsaturated/α-hetero) is 1. The highest BCUT2D eigenvalue weighted by molar-refractivity contribution is 5.99. The van der Waals surface area contributed by atoms with Gasteiger partial charge in [0.1, 0.15) is 23.6 Å². The van der Waals surface area contributed by atoms with Gasteiger partial charge in [0.25, 0.3) is 0 Å². The Morgan fingerprint density at radius 1 is 1.25 bits per heavy atom. The van der Waals surface area contributed by atoms with Crippen molar-refractivity contribution in [2.24, 2.45) is 5.41 Å². The van der Waals surface area contributed by atoms with Crippen molar-refractivity contribution in [1.29, 1.82) is 0 Å². The zero-order valence-corrected chi connectivity index (χ0v) is 16.2. The molecule has 3 aromatic rings. The van der Waals surface area contributed by atoms with E-state index in [1.165, 1.54) is 12.8 Å². The molecule has 0 unspecified atom stereocenters. The van der Waals surface area contributed by atoms with Crippen LogP contribution in [0.15, 0.2) is 23.1 Å². The van der Waals surface area contributed by atoms with Crippen LogP contribution in [0.4, 0.5) is 5.82 Å². The number of hydrogen-bond acceptors (Lipinski definition) is 7. The fourth-order valence-electron chi connectivity index (χ4n) is 4.43. The summed E-state index contributed by atoms with van der Waals surface area (Å²) in [5, 5.41) is 4.98. The minimum atomic E-state index is 0.0931. The number of aromatic nitrogens is 4. The zero-order valence-electron chi connectivity index (χ0n) is 16.2. The van der Waals surface area contributed by atoms with E-state index < -0.39 is 0 Å². The maximum atomic E-state index is 12.9. The van der Waals surface area contributed by atoms with Crippen LogP contribution < -0.4 is 4.90 Å². The molecule has 8 nitrogen and oxygen atoms in total. The third kappa shape index (κ3) is 2.97. The van der Waals surface area contributed by atoms with Crippen molar-refractivity contribution in [2.45, 2.75) is 26.7 Å². The number of nitrogens with zero attached hydrogens (tertiary/aromatic N) is 5. The van der Waals surface area contributed by atoms with Crippen molar-refractivity contribution in [3.05, 3.63) is 35.6 Å². The number of nitrogens with one attached hydrogen (secondary N) is 1. The molecule has 28 heavy (non-hydrogen) atoms.